The van der Waals surface area contributed by atoms with Crippen molar-refractivity contribution in [1.29, 1.82) is 0 Å². The number of methoxy groups -OCH3 is 1. The van der Waals surface area contributed by atoms with Gasteiger partial charge in [0.05, 0.1) is 13.2 Å². The van der Waals surface area contributed by atoms with Crippen molar-refractivity contribution in [3.05, 3.63) is 0 Å². The molecule has 1 aliphatic carbocycles. The fraction of sp³-hybridized carbons (Fsp3) is 1.00. The fourth-order valence-electron chi connectivity index (χ4n) is 1.54. The van der Waals surface area contributed by atoms with Gasteiger partial charge in [-0.15, -0.1) is 0 Å². The van der Waals surface area contributed by atoms with Crippen molar-refractivity contribution in [3.63, 3.8) is 0 Å². The lowest BCUT2D eigenvalue weighted by Crippen LogP contribution is -2.47. The van der Waals surface area contributed by atoms with Crippen molar-refractivity contribution < 1.29 is 17.9 Å². The number of hydrogen-bond donors (Lipinski definition) is 1. The van der Waals surface area contributed by atoms with E-state index >= 15 is 0 Å². The highest BCUT2D eigenvalue weighted by Crippen LogP contribution is 2.20. The van der Waals surface area contributed by atoms with Crippen LogP contribution in [0.3, 0.4) is 0 Å². The van der Waals surface area contributed by atoms with E-state index in [0.29, 0.717) is 19.2 Å². The van der Waals surface area contributed by atoms with E-state index in [2.05, 4.69) is 5.32 Å². The molecule has 0 heterocycles. The molecule has 0 aliphatic heterocycles. The predicted molar refractivity (Wildman–Crippen MR) is 55.4 cm³/mol. The molecule has 96 valence electrons. The van der Waals surface area contributed by atoms with Crippen molar-refractivity contribution in [1.82, 2.24) is 10.2 Å². The van der Waals surface area contributed by atoms with E-state index in [1.165, 1.54) is 19.1 Å². The van der Waals surface area contributed by atoms with Gasteiger partial charge in [-0.2, -0.15) is 13.2 Å². The second-order valence-electron chi connectivity index (χ2n) is 4.32. The van der Waals surface area contributed by atoms with Crippen molar-refractivity contribution in [2.24, 2.45) is 0 Å². The molecule has 0 aromatic rings. The second kappa shape index (κ2) is 5.84. The van der Waals surface area contributed by atoms with Crippen LogP contribution in [0.25, 0.3) is 0 Å². The third-order valence-electron chi connectivity index (χ3n) is 2.63. The Hall–Kier alpha value is -0.330. The number of rotatable bonds is 7. The highest BCUT2D eigenvalue weighted by atomic mass is 19.4. The molecule has 0 saturated heterocycles. The zero-order chi connectivity index (χ0) is 12.2. The van der Waals surface area contributed by atoms with Gasteiger partial charge in [0.15, 0.2) is 0 Å². The highest BCUT2D eigenvalue weighted by Gasteiger charge is 2.32. The first-order chi connectivity index (χ1) is 7.42. The van der Waals surface area contributed by atoms with Gasteiger partial charge in [0.2, 0.25) is 0 Å². The van der Waals surface area contributed by atoms with Crippen molar-refractivity contribution in [2.75, 3.05) is 33.9 Å². The van der Waals surface area contributed by atoms with Gasteiger partial charge >= 0.3 is 6.18 Å². The molecule has 0 aromatic carbocycles. The Morgan fingerprint density at radius 1 is 1.44 bits per heavy atom. The van der Waals surface area contributed by atoms with E-state index < -0.39 is 12.7 Å². The summed E-state index contributed by atoms with van der Waals surface area (Å²) in [5, 5.41) is 3.22. The Bertz CT molecular complexity index is 207. The molecule has 0 spiro atoms. The van der Waals surface area contributed by atoms with Crippen LogP contribution in [0.2, 0.25) is 0 Å². The van der Waals surface area contributed by atoms with E-state index in [1.54, 1.807) is 0 Å². The van der Waals surface area contributed by atoms with E-state index in [0.717, 1.165) is 12.8 Å². The molecule has 0 amide bonds. The molecule has 1 N–H and O–H groups in total. The first kappa shape index (κ1) is 13.7. The predicted octanol–water partition coefficient (Wildman–Crippen LogP) is 1.25. The number of ether oxygens (including phenoxy) is 1. The summed E-state index contributed by atoms with van der Waals surface area (Å²) >= 11 is 0. The third-order valence-corrected chi connectivity index (χ3v) is 2.63. The largest absolute Gasteiger partial charge is 0.401 e. The Morgan fingerprint density at radius 3 is 2.50 bits per heavy atom. The van der Waals surface area contributed by atoms with Crippen LogP contribution in [-0.4, -0.2) is 57.0 Å². The maximum Gasteiger partial charge on any atom is 0.401 e. The number of nitrogens with zero attached hydrogens (tertiary/aromatic N) is 1. The minimum absolute atomic E-state index is 0.229. The lowest BCUT2D eigenvalue weighted by Gasteiger charge is -2.28. The SMILES string of the molecule is COCC(CNC1CC1)N(C)CC(F)(F)F. The van der Waals surface area contributed by atoms with Gasteiger partial charge in [-0.25, -0.2) is 0 Å². The molecule has 1 saturated carbocycles. The molecule has 0 bridgehead atoms. The Labute approximate surface area is 93.9 Å². The molecule has 0 radical (unpaired) electrons. The maximum atomic E-state index is 12.2. The number of halogens is 3. The van der Waals surface area contributed by atoms with Crippen molar-refractivity contribution in [2.45, 2.75) is 31.1 Å². The minimum Gasteiger partial charge on any atom is -0.383 e. The summed E-state index contributed by atoms with van der Waals surface area (Å²) in [5.74, 6) is 0. The summed E-state index contributed by atoms with van der Waals surface area (Å²) in [7, 11) is 2.98. The molecule has 1 fully saturated rings. The molecule has 1 atom stereocenters. The summed E-state index contributed by atoms with van der Waals surface area (Å²) < 4.78 is 41.6. The van der Waals surface area contributed by atoms with Gasteiger partial charge in [0.25, 0.3) is 0 Å². The van der Waals surface area contributed by atoms with Crippen LogP contribution in [0, 0.1) is 0 Å². The number of likely N-dealkylation sites (N-methyl/N-ethyl adjacent to an activating group) is 1. The first-order valence-electron chi connectivity index (χ1n) is 5.41. The average Bonchev–Trinajstić information content (AvgIpc) is 2.92. The van der Waals surface area contributed by atoms with Gasteiger partial charge in [0.1, 0.15) is 0 Å². The molecule has 0 aromatic heterocycles. The van der Waals surface area contributed by atoms with Crippen molar-refractivity contribution in [3.8, 4) is 0 Å². The lowest BCUT2D eigenvalue weighted by atomic mass is 10.2. The zero-order valence-electron chi connectivity index (χ0n) is 9.68. The average molecular weight is 240 g/mol. The highest BCUT2D eigenvalue weighted by molar-refractivity contribution is 4.84. The number of nitrogens with one attached hydrogen (secondary N) is 1. The molecule has 3 nitrogen and oxygen atoms in total. The molecular weight excluding hydrogens is 221 g/mol. The van der Waals surface area contributed by atoms with E-state index in [9.17, 15) is 13.2 Å². The van der Waals surface area contributed by atoms with Crippen LogP contribution >= 0.6 is 0 Å². The lowest BCUT2D eigenvalue weighted by molar-refractivity contribution is -0.149. The van der Waals surface area contributed by atoms with Crippen LogP contribution < -0.4 is 5.32 Å². The molecule has 1 aliphatic rings. The summed E-state index contributed by atoms with van der Waals surface area (Å²) in [6, 6.07) is 0.269. The Balaban J connectivity index is 2.33. The summed E-state index contributed by atoms with van der Waals surface area (Å²) in [6.45, 7) is -0.0369. The van der Waals surface area contributed by atoms with Gasteiger partial charge < -0.3 is 10.1 Å². The molecule has 16 heavy (non-hydrogen) atoms. The van der Waals surface area contributed by atoms with Crippen LogP contribution in [-0.2, 0) is 4.74 Å². The van der Waals surface area contributed by atoms with Crippen LogP contribution in [0.5, 0.6) is 0 Å². The monoisotopic (exact) mass is 240 g/mol. The number of alkyl halides is 3. The Kier molecular flexibility index (Phi) is 5.01. The van der Waals surface area contributed by atoms with Gasteiger partial charge in [-0.05, 0) is 19.9 Å². The summed E-state index contributed by atoms with van der Waals surface area (Å²) in [4.78, 5) is 1.29. The van der Waals surface area contributed by atoms with Gasteiger partial charge in [-0.1, -0.05) is 0 Å². The number of hydrogen-bond acceptors (Lipinski definition) is 3. The first-order valence-corrected chi connectivity index (χ1v) is 5.41. The summed E-state index contributed by atoms with van der Waals surface area (Å²) in [5.41, 5.74) is 0. The minimum atomic E-state index is -4.15. The topological polar surface area (TPSA) is 24.5 Å². The van der Waals surface area contributed by atoms with Crippen LogP contribution in [0.4, 0.5) is 13.2 Å². The van der Waals surface area contributed by atoms with Crippen LogP contribution in [0.1, 0.15) is 12.8 Å². The van der Waals surface area contributed by atoms with E-state index in [-0.39, 0.29) is 6.04 Å². The van der Waals surface area contributed by atoms with Crippen molar-refractivity contribution >= 4 is 0 Å². The van der Waals surface area contributed by atoms with Gasteiger partial charge in [0, 0.05) is 25.7 Å². The normalized spacial score (nSPS) is 19.1. The smallest absolute Gasteiger partial charge is 0.383 e. The van der Waals surface area contributed by atoms with Crippen LogP contribution in [0.15, 0.2) is 0 Å². The van der Waals surface area contributed by atoms with E-state index in [4.69, 9.17) is 4.74 Å². The Morgan fingerprint density at radius 2 is 2.06 bits per heavy atom. The van der Waals surface area contributed by atoms with E-state index in [1.807, 2.05) is 0 Å². The van der Waals surface area contributed by atoms with Gasteiger partial charge in [-0.3, -0.25) is 4.90 Å². The molecule has 6 heteroatoms. The quantitative estimate of drug-likeness (QED) is 0.724. The molecular formula is C10H19F3N2O. The molecule has 1 unspecified atom stereocenters. The molecule has 1 rings (SSSR count). The zero-order valence-corrected chi connectivity index (χ0v) is 9.68. The standard InChI is InChI=1S/C10H19F3N2O/c1-15(7-10(11,12)13)9(6-16-2)5-14-8-3-4-8/h8-9,14H,3-7H2,1-2H3. The third kappa shape index (κ3) is 5.67. The summed E-state index contributed by atoms with van der Waals surface area (Å²) in [6.07, 6.45) is -1.90. The second-order valence-corrected chi connectivity index (χ2v) is 4.32. The maximum absolute atomic E-state index is 12.2. The fourth-order valence-corrected chi connectivity index (χ4v) is 1.54.